The lowest BCUT2D eigenvalue weighted by molar-refractivity contribution is 0.112. The van der Waals surface area contributed by atoms with Crippen molar-refractivity contribution < 1.29 is 13.9 Å². The largest absolute Gasteiger partial charge is 0.489 e. The van der Waals surface area contributed by atoms with E-state index in [0.29, 0.717) is 18.4 Å². The molecule has 0 amide bonds. The van der Waals surface area contributed by atoms with Crippen molar-refractivity contribution in [2.75, 3.05) is 0 Å². The number of benzene rings is 3. The van der Waals surface area contributed by atoms with E-state index in [-0.39, 0.29) is 11.1 Å². The molecule has 28 heavy (non-hydrogen) atoms. The summed E-state index contributed by atoms with van der Waals surface area (Å²) in [5.41, 5.74) is 4.38. The summed E-state index contributed by atoms with van der Waals surface area (Å²) in [5.74, 6) is 0.309. The van der Waals surface area contributed by atoms with Gasteiger partial charge in [0.1, 0.15) is 23.9 Å². The van der Waals surface area contributed by atoms with E-state index in [2.05, 4.69) is 10.2 Å². The molecule has 4 nitrogen and oxygen atoms in total. The van der Waals surface area contributed by atoms with Crippen LogP contribution in [-0.2, 0) is 13.0 Å². The van der Waals surface area contributed by atoms with E-state index in [1.807, 2.05) is 55.5 Å². The van der Waals surface area contributed by atoms with Crippen LogP contribution in [0.5, 0.6) is 5.75 Å². The molecule has 0 saturated heterocycles. The number of aromatic amines is 1. The number of aldehydes is 1. The van der Waals surface area contributed by atoms with Gasteiger partial charge in [0.2, 0.25) is 0 Å². The number of halogens is 1. The van der Waals surface area contributed by atoms with Gasteiger partial charge in [0.05, 0.1) is 10.9 Å². The summed E-state index contributed by atoms with van der Waals surface area (Å²) in [5, 5.41) is 6.85. The van der Waals surface area contributed by atoms with Crippen molar-refractivity contribution in [2.24, 2.45) is 0 Å². The van der Waals surface area contributed by atoms with Crippen LogP contribution in [-0.4, -0.2) is 16.5 Å². The molecule has 0 bridgehead atoms. The summed E-state index contributed by atoms with van der Waals surface area (Å²) in [6.07, 6.45) is 1.35. The maximum atomic E-state index is 14.6. The number of H-pyrrole nitrogens is 1. The average molecular weight is 374 g/mol. The summed E-state index contributed by atoms with van der Waals surface area (Å²) >= 11 is 0. The highest BCUT2D eigenvalue weighted by Crippen LogP contribution is 2.32. The molecule has 0 fully saturated rings. The number of hydrogen-bond donors (Lipinski definition) is 1. The van der Waals surface area contributed by atoms with Gasteiger partial charge in [-0.1, -0.05) is 43.3 Å². The summed E-state index contributed by atoms with van der Waals surface area (Å²) in [4.78, 5) is 11.0. The number of carbonyl (C=O) groups excluding carboxylic acids is 1. The lowest BCUT2D eigenvalue weighted by Gasteiger charge is -2.12. The molecule has 4 aromatic rings. The summed E-state index contributed by atoms with van der Waals surface area (Å²) in [6.45, 7) is 2.54. The summed E-state index contributed by atoms with van der Waals surface area (Å²) in [7, 11) is 0. The molecule has 0 aliphatic heterocycles. The Bertz CT molecular complexity index is 1140. The second kappa shape index (κ2) is 7.64. The Balaban J connectivity index is 1.66. The van der Waals surface area contributed by atoms with E-state index >= 15 is 0 Å². The summed E-state index contributed by atoms with van der Waals surface area (Å²) < 4.78 is 20.5. The first kappa shape index (κ1) is 17.9. The molecule has 1 heterocycles. The van der Waals surface area contributed by atoms with Gasteiger partial charge in [-0.25, -0.2) is 4.39 Å². The number of nitrogens with zero attached hydrogens (tertiary/aromatic N) is 1. The number of ether oxygens (including phenoxy) is 1. The van der Waals surface area contributed by atoms with Crippen molar-refractivity contribution >= 4 is 17.2 Å². The van der Waals surface area contributed by atoms with Crippen LogP contribution in [0.25, 0.3) is 22.0 Å². The van der Waals surface area contributed by atoms with Crippen LogP contribution in [0, 0.1) is 5.82 Å². The molecule has 0 radical (unpaired) electrons. The van der Waals surface area contributed by atoms with Gasteiger partial charge in [-0.2, -0.15) is 5.10 Å². The average Bonchev–Trinajstić information content (AvgIpc) is 3.16. The first-order valence-electron chi connectivity index (χ1n) is 9.12. The molecular formula is C23H19FN2O2. The molecule has 4 rings (SSSR count). The van der Waals surface area contributed by atoms with Crippen LogP contribution in [0.2, 0.25) is 0 Å². The number of aryl methyl sites for hydroxylation is 1. The molecule has 5 heteroatoms. The maximum Gasteiger partial charge on any atom is 0.168 e. The van der Waals surface area contributed by atoms with Crippen LogP contribution in [0.15, 0.2) is 60.7 Å². The molecule has 0 atom stereocenters. The Morgan fingerprint density at radius 3 is 2.68 bits per heavy atom. The predicted octanol–water partition coefficient (Wildman–Crippen LogP) is 5.32. The zero-order valence-electron chi connectivity index (χ0n) is 15.4. The molecule has 0 aliphatic rings. The highest BCUT2D eigenvalue weighted by molar-refractivity contribution is 5.97. The number of hydrogen-bond acceptors (Lipinski definition) is 3. The highest BCUT2D eigenvalue weighted by Gasteiger charge is 2.14. The fourth-order valence-electron chi connectivity index (χ4n) is 3.34. The standard InChI is InChI=1S/C23H19FN2O2/c1-2-16-10-18(28-14-15-6-4-3-5-7-15)8-9-19(16)17-11-20(24)23-21(12-17)25-26-22(23)13-27/h3-13H,2,14H2,1H3,(H,25,26). The van der Waals surface area contributed by atoms with Crippen molar-refractivity contribution in [1.29, 1.82) is 0 Å². The van der Waals surface area contributed by atoms with Crippen LogP contribution in [0.3, 0.4) is 0 Å². The Morgan fingerprint density at radius 2 is 1.93 bits per heavy atom. The van der Waals surface area contributed by atoms with Crippen molar-refractivity contribution in [3.05, 3.63) is 83.3 Å². The molecule has 1 N–H and O–H groups in total. The SMILES string of the molecule is CCc1cc(OCc2ccccc2)ccc1-c1cc(F)c2c(C=O)[nH]nc2c1. The Kier molecular flexibility index (Phi) is 4.89. The molecule has 3 aromatic carbocycles. The second-order valence-electron chi connectivity index (χ2n) is 6.55. The third-order valence-corrected chi connectivity index (χ3v) is 4.77. The van der Waals surface area contributed by atoms with E-state index in [9.17, 15) is 9.18 Å². The smallest absolute Gasteiger partial charge is 0.168 e. The van der Waals surface area contributed by atoms with Gasteiger partial charge < -0.3 is 4.74 Å². The van der Waals surface area contributed by atoms with Crippen molar-refractivity contribution in [2.45, 2.75) is 20.0 Å². The first-order valence-corrected chi connectivity index (χ1v) is 9.12. The van der Waals surface area contributed by atoms with Gasteiger partial charge in [0.25, 0.3) is 0 Å². The van der Waals surface area contributed by atoms with Gasteiger partial charge in [-0.15, -0.1) is 0 Å². The molecule has 0 spiro atoms. The number of aromatic nitrogens is 2. The third kappa shape index (κ3) is 3.39. The highest BCUT2D eigenvalue weighted by atomic mass is 19.1. The molecule has 0 aliphatic carbocycles. The second-order valence-corrected chi connectivity index (χ2v) is 6.55. The normalized spacial score (nSPS) is 10.9. The topological polar surface area (TPSA) is 55.0 Å². The number of rotatable bonds is 6. The zero-order valence-corrected chi connectivity index (χ0v) is 15.4. The van der Waals surface area contributed by atoms with Crippen LogP contribution in [0.1, 0.15) is 28.5 Å². The van der Waals surface area contributed by atoms with Gasteiger partial charge in [0, 0.05) is 0 Å². The summed E-state index contributed by atoms with van der Waals surface area (Å²) in [6, 6.07) is 19.0. The van der Waals surface area contributed by atoms with Gasteiger partial charge >= 0.3 is 0 Å². The van der Waals surface area contributed by atoms with Crippen molar-refractivity contribution in [3.63, 3.8) is 0 Å². The maximum absolute atomic E-state index is 14.6. The third-order valence-electron chi connectivity index (χ3n) is 4.77. The fraction of sp³-hybridized carbons (Fsp3) is 0.130. The molecule has 0 saturated carbocycles. The lowest BCUT2D eigenvalue weighted by Crippen LogP contribution is -1.97. The van der Waals surface area contributed by atoms with Gasteiger partial charge in [0.15, 0.2) is 6.29 Å². The predicted molar refractivity (Wildman–Crippen MR) is 107 cm³/mol. The Morgan fingerprint density at radius 1 is 1.11 bits per heavy atom. The first-order chi connectivity index (χ1) is 13.7. The van der Waals surface area contributed by atoms with Crippen LogP contribution >= 0.6 is 0 Å². The minimum Gasteiger partial charge on any atom is -0.489 e. The van der Waals surface area contributed by atoms with E-state index < -0.39 is 5.82 Å². The minimum absolute atomic E-state index is 0.152. The van der Waals surface area contributed by atoms with Gasteiger partial charge in [-0.05, 0) is 52.9 Å². The van der Waals surface area contributed by atoms with Gasteiger partial charge in [-0.3, -0.25) is 9.89 Å². The molecule has 140 valence electrons. The minimum atomic E-state index is -0.463. The van der Waals surface area contributed by atoms with E-state index in [0.717, 1.165) is 34.4 Å². The fourth-order valence-corrected chi connectivity index (χ4v) is 3.34. The Labute approximate surface area is 162 Å². The number of fused-ring (bicyclic) bond motifs is 1. The van der Waals surface area contributed by atoms with Crippen LogP contribution < -0.4 is 4.74 Å². The Hall–Kier alpha value is -3.47. The van der Waals surface area contributed by atoms with Crippen LogP contribution in [0.4, 0.5) is 4.39 Å². The zero-order chi connectivity index (χ0) is 19.5. The number of nitrogens with one attached hydrogen (secondary N) is 1. The van der Waals surface area contributed by atoms with Crippen molar-refractivity contribution in [3.8, 4) is 16.9 Å². The molecule has 1 aromatic heterocycles. The van der Waals surface area contributed by atoms with Crippen molar-refractivity contribution in [1.82, 2.24) is 10.2 Å². The van der Waals surface area contributed by atoms with E-state index in [1.165, 1.54) is 6.07 Å². The molecule has 0 unspecified atom stereocenters. The monoisotopic (exact) mass is 374 g/mol. The van der Waals surface area contributed by atoms with E-state index in [4.69, 9.17) is 4.74 Å². The number of carbonyl (C=O) groups is 1. The molecular weight excluding hydrogens is 355 g/mol. The van der Waals surface area contributed by atoms with E-state index in [1.54, 1.807) is 6.07 Å². The quantitative estimate of drug-likeness (QED) is 0.465. The lowest BCUT2D eigenvalue weighted by atomic mass is 9.96.